The molecule has 0 saturated heterocycles. The van der Waals surface area contributed by atoms with Crippen LogP contribution in [0, 0.1) is 6.92 Å². The molecule has 30 heavy (non-hydrogen) atoms. The zero-order chi connectivity index (χ0) is 21.7. The average molecular weight is 445 g/mol. The molecule has 0 bridgehead atoms. The fourth-order valence-electron chi connectivity index (χ4n) is 2.95. The summed E-state index contributed by atoms with van der Waals surface area (Å²) >= 11 is 12.2. The number of allylic oxidation sites excluding steroid dienone is 1. The van der Waals surface area contributed by atoms with Crippen molar-refractivity contribution in [2.24, 2.45) is 0 Å². The normalized spacial score (nSPS) is 11.1. The summed E-state index contributed by atoms with van der Waals surface area (Å²) < 4.78 is 13.0. The largest absolute Gasteiger partial charge is 0.496 e. The molecule has 7 heteroatoms. The van der Waals surface area contributed by atoms with E-state index in [-0.39, 0.29) is 12.4 Å². The van der Waals surface area contributed by atoms with Gasteiger partial charge in [-0.2, -0.15) is 5.10 Å². The number of benzene rings is 2. The molecule has 0 unspecified atom stereocenters. The Bertz CT molecular complexity index is 1090. The first kappa shape index (κ1) is 21.9. The minimum Gasteiger partial charge on any atom is -0.496 e. The Morgan fingerprint density at radius 2 is 2.00 bits per heavy atom. The van der Waals surface area contributed by atoms with Crippen LogP contribution in [0.15, 0.2) is 48.7 Å². The van der Waals surface area contributed by atoms with Crippen LogP contribution < -0.4 is 9.47 Å². The molecule has 3 aromatic rings. The van der Waals surface area contributed by atoms with E-state index in [1.54, 1.807) is 48.3 Å². The Kier molecular flexibility index (Phi) is 7.19. The third-order valence-electron chi connectivity index (χ3n) is 4.57. The highest BCUT2D eigenvalue weighted by Gasteiger charge is 2.11. The van der Waals surface area contributed by atoms with Gasteiger partial charge in [0.1, 0.15) is 23.1 Å². The van der Waals surface area contributed by atoms with Gasteiger partial charge in [-0.05, 0) is 49.8 Å². The van der Waals surface area contributed by atoms with Gasteiger partial charge in [0.15, 0.2) is 5.78 Å². The van der Waals surface area contributed by atoms with E-state index in [0.29, 0.717) is 32.8 Å². The molecule has 0 aliphatic heterocycles. The second-order valence-electron chi connectivity index (χ2n) is 6.59. The molecule has 0 N–H and O–H groups in total. The number of halogens is 2. The predicted octanol–water partition coefficient (Wildman–Crippen LogP) is 6.00. The van der Waals surface area contributed by atoms with Crippen LogP contribution >= 0.6 is 23.2 Å². The number of aryl methyl sites for hydroxylation is 2. The maximum atomic E-state index is 12.5. The highest BCUT2D eigenvalue weighted by Crippen LogP contribution is 2.32. The van der Waals surface area contributed by atoms with Gasteiger partial charge >= 0.3 is 0 Å². The maximum absolute atomic E-state index is 12.5. The molecule has 1 aromatic heterocycles. The Morgan fingerprint density at radius 1 is 1.20 bits per heavy atom. The first-order chi connectivity index (χ1) is 14.4. The van der Waals surface area contributed by atoms with Gasteiger partial charge < -0.3 is 9.47 Å². The number of aromatic nitrogens is 2. The molecule has 0 fully saturated rings. The van der Waals surface area contributed by atoms with Crippen molar-refractivity contribution in [2.75, 3.05) is 7.11 Å². The Labute approximate surface area is 185 Å². The summed E-state index contributed by atoms with van der Waals surface area (Å²) in [6, 6.07) is 10.8. The van der Waals surface area contributed by atoms with Crippen LogP contribution in [0.1, 0.15) is 34.1 Å². The quantitative estimate of drug-likeness (QED) is 0.315. The van der Waals surface area contributed by atoms with Gasteiger partial charge in [0.2, 0.25) is 0 Å². The molecule has 0 amide bonds. The van der Waals surface area contributed by atoms with Gasteiger partial charge in [0.25, 0.3) is 0 Å². The summed E-state index contributed by atoms with van der Waals surface area (Å²) in [6.45, 7) is 4.77. The summed E-state index contributed by atoms with van der Waals surface area (Å²) in [5, 5.41) is 5.11. The molecule has 2 aromatic carbocycles. The first-order valence-electron chi connectivity index (χ1n) is 9.43. The lowest BCUT2D eigenvalue weighted by Crippen LogP contribution is -2.00. The molecule has 0 radical (unpaired) electrons. The van der Waals surface area contributed by atoms with Crippen molar-refractivity contribution in [2.45, 2.75) is 27.0 Å². The summed E-state index contributed by atoms with van der Waals surface area (Å²) in [4.78, 5) is 12.5. The molecular weight excluding hydrogens is 423 g/mol. The highest BCUT2D eigenvalue weighted by atomic mass is 35.5. The van der Waals surface area contributed by atoms with Crippen molar-refractivity contribution in [3.8, 4) is 11.5 Å². The molecule has 1 heterocycles. The standard InChI is InChI=1S/C23H22Cl2N2O3/c1-4-27-13-18(15(2)26-27)20(28)10-8-16-9-11-21(29-3)17(12-16)14-30-22-7-5-6-19(24)23(22)25/h5-13H,4,14H2,1-3H3/b10-8+. The van der Waals surface area contributed by atoms with Crippen LogP contribution in [0.25, 0.3) is 6.08 Å². The molecule has 0 aliphatic rings. The predicted molar refractivity (Wildman–Crippen MR) is 120 cm³/mol. The molecule has 0 atom stereocenters. The van der Waals surface area contributed by atoms with Gasteiger partial charge in [0.05, 0.1) is 23.4 Å². The zero-order valence-corrected chi connectivity index (χ0v) is 18.5. The molecule has 0 spiro atoms. The van der Waals surface area contributed by atoms with Gasteiger partial charge in [-0.25, -0.2) is 0 Å². The van der Waals surface area contributed by atoms with Gasteiger partial charge in [-0.3, -0.25) is 9.48 Å². The van der Waals surface area contributed by atoms with Crippen LogP contribution in [0.5, 0.6) is 11.5 Å². The lowest BCUT2D eigenvalue weighted by molar-refractivity contribution is 0.104. The topological polar surface area (TPSA) is 53.4 Å². The van der Waals surface area contributed by atoms with E-state index in [9.17, 15) is 4.79 Å². The van der Waals surface area contributed by atoms with Crippen LogP contribution in [0.4, 0.5) is 0 Å². The minimum atomic E-state index is -0.0912. The number of ketones is 1. The molecular formula is C23H22Cl2N2O3. The third-order valence-corrected chi connectivity index (χ3v) is 5.37. The molecule has 0 aliphatic carbocycles. The molecule has 5 nitrogen and oxygen atoms in total. The second kappa shape index (κ2) is 9.83. The number of hydrogen-bond acceptors (Lipinski definition) is 4. The lowest BCUT2D eigenvalue weighted by Gasteiger charge is -2.12. The number of rotatable bonds is 8. The fourth-order valence-corrected chi connectivity index (χ4v) is 3.30. The van der Waals surface area contributed by atoms with E-state index in [1.807, 2.05) is 32.0 Å². The Balaban J connectivity index is 1.78. The number of hydrogen-bond donors (Lipinski definition) is 0. The maximum Gasteiger partial charge on any atom is 0.189 e. The minimum absolute atomic E-state index is 0.0912. The van der Waals surface area contributed by atoms with Crippen molar-refractivity contribution in [1.82, 2.24) is 9.78 Å². The van der Waals surface area contributed by atoms with Crippen LogP contribution in [0.3, 0.4) is 0 Å². The van der Waals surface area contributed by atoms with Crippen LogP contribution in [-0.4, -0.2) is 22.7 Å². The van der Waals surface area contributed by atoms with Crippen molar-refractivity contribution in [1.29, 1.82) is 0 Å². The number of carbonyl (C=O) groups excluding carboxylic acids is 1. The number of methoxy groups -OCH3 is 1. The van der Waals surface area contributed by atoms with Crippen molar-refractivity contribution >= 4 is 35.1 Å². The monoisotopic (exact) mass is 444 g/mol. The smallest absolute Gasteiger partial charge is 0.189 e. The lowest BCUT2D eigenvalue weighted by atomic mass is 10.1. The highest BCUT2D eigenvalue weighted by molar-refractivity contribution is 6.42. The van der Waals surface area contributed by atoms with Gasteiger partial charge in [-0.1, -0.05) is 41.4 Å². The van der Waals surface area contributed by atoms with Crippen LogP contribution in [-0.2, 0) is 13.2 Å². The first-order valence-corrected chi connectivity index (χ1v) is 10.2. The van der Waals surface area contributed by atoms with E-state index in [2.05, 4.69) is 5.10 Å². The summed E-state index contributed by atoms with van der Waals surface area (Å²) in [5.41, 5.74) is 2.98. The number of ether oxygens (including phenoxy) is 2. The molecule has 0 saturated carbocycles. The van der Waals surface area contributed by atoms with Crippen molar-refractivity contribution in [3.63, 3.8) is 0 Å². The van der Waals surface area contributed by atoms with Crippen molar-refractivity contribution < 1.29 is 14.3 Å². The van der Waals surface area contributed by atoms with E-state index in [4.69, 9.17) is 32.7 Å². The summed E-state index contributed by atoms with van der Waals surface area (Å²) in [7, 11) is 1.60. The SMILES string of the molecule is CCn1cc(C(=O)/C=C/c2ccc(OC)c(COc3cccc(Cl)c3Cl)c2)c(C)n1. The van der Waals surface area contributed by atoms with Gasteiger partial charge in [0, 0.05) is 18.3 Å². The zero-order valence-electron chi connectivity index (χ0n) is 17.0. The van der Waals surface area contributed by atoms with E-state index in [1.165, 1.54) is 0 Å². The Hall–Kier alpha value is -2.76. The molecule has 3 rings (SSSR count). The van der Waals surface area contributed by atoms with E-state index < -0.39 is 0 Å². The van der Waals surface area contributed by atoms with Gasteiger partial charge in [-0.15, -0.1) is 0 Å². The molecule has 156 valence electrons. The number of carbonyl (C=O) groups is 1. The average Bonchev–Trinajstić information content (AvgIpc) is 3.14. The number of nitrogens with zero attached hydrogens (tertiary/aromatic N) is 2. The van der Waals surface area contributed by atoms with E-state index in [0.717, 1.165) is 17.7 Å². The second-order valence-corrected chi connectivity index (χ2v) is 7.38. The fraction of sp³-hybridized carbons (Fsp3) is 0.217. The summed E-state index contributed by atoms with van der Waals surface area (Å²) in [5.74, 6) is 1.08. The third kappa shape index (κ3) is 5.04. The Morgan fingerprint density at radius 3 is 2.70 bits per heavy atom. The summed E-state index contributed by atoms with van der Waals surface area (Å²) in [6.07, 6.45) is 5.08. The van der Waals surface area contributed by atoms with E-state index >= 15 is 0 Å². The van der Waals surface area contributed by atoms with Crippen LogP contribution in [0.2, 0.25) is 10.0 Å². The van der Waals surface area contributed by atoms with Crippen molar-refractivity contribution in [3.05, 3.63) is 81.1 Å².